The van der Waals surface area contributed by atoms with Crippen LogP contribution in [-0.2, 0) is 6.42 Å². The molecule has 8 heteroatoms. The van der Waals surface area contributed by atoms with Crippen molar-refractivity contribution >= 4 is 28.7 Å². The highest BCUT2D eigenvalue weighted by atomic mass is 15.1. The number of aromatic nitrogens is 4. The largest absolute Gasteiger partial charge is 0.382 e. The number of benzene rings is 1. The van der Waals surface area contributed by atoms with Gasteiger partial charge < -0.3 is 22.1 Å². The van der Waals surface area contributed by atoms with Crippen LogP contribution in [0.15, 0.2) is 24.3 Å². The first kappa shape index (κ1) is 16.8. The van der Waals surface area contributed by atoms with Crippen molar-refractivity contribution in [2.75, 3.05) is 37.8 Å². The number of nitrogen functional groups attached to an aromatic ring is 3. The summed E-state index contributed by atoms with van der Waals surface area (Å²) < 4.78 is 0. The third-order valence-electron chi connectivity index (χ3n) is 3.90. The molecule has 0 aliphatic carbocycles. The van der Waals surface area contributed by atoms with Crippen LogP contribution >= 0.6 is 0 Å². The molecule has 0 unspecified atom stereocenters. The predicted molar refractivity (Wildman–Crippen MR) is 101 cm³/mol. The summed E-state index contributed by atoms with van der Waals surface area (Å²) in [5, 5.41) is 0. The number of aryl methyl sites for hydroxylation is 1. The van der Waals surface area contributed by atoms with E-state index in [1.807, 2.05) is 12.1 Å². The molecular formula is C17H22N8. The standard InChI is InChI=1S/C17H22N8/c1-25(2)9-3-4-10-5-7-11(8-6-10)12-14(18)22-16-13(21-12)15(19)23-17(20)24-16/h5-8H,3-4,9H2,1-2H3,(H6,18,19,20,22,23,24). The molecule has 0 atom stereocenters. The Bertz CT molecular complexity index is 889. The monoisotopic (exact) mass is 338 g/mol. The molecule has 6 N–H and O–H groups in total. The Balaban J connectivity index is 1.89. The summed E-state index contributed by atoms with van der Waals surface area (Å²) in [5.74, 6) is 0.524. The Labute approximate surface area is 146 Å². The molecule has 0 amide bonds. The van der Waals surface area contributed by atoms with E-state index in [0.717, 1.165) is 24.9 Å². The van der Waals surface area contributed by atoms with E-state index in [4.69, 9.17) is 17.2 Å². The molecule has 2 heterocycles. The highest BCUT2D eigenvalue weighted by Crippen LogP contribution is 2.26. The third kappa shape index (κ3) is 3.74. The van der Waals surface area contributed by atoms with Crippen LogP contribution in [0.2, 0.25) is 0 Å². The second-order valence-corrected chi connectivity index (χ2v) is 6.20. The molecule has 0 aliphatic heterocycles. The highest BCUT2D eigenvalue weighted by Gasteiger charge is 2.13. The first-order chi connectivity index (χ1) is 11.9. The first-order valence-electron chi connectivity index (χ1n) is 8.04. The highest BCUT2D eigenvalue weighted by molar-refractivity contribution is 5.87. The second-order valence-electron chi connectivity index (χ2n) is 6.20. The SMILES string of the molecule is CN(C)CCCc1ccc(-c2nc3c(N)nc(N)nc3nc2N)cc1. The molecule has 0 saturated carbocycles. The lowest BCUT2D eigenvalue weighted by Crippen LogP contribution is -2.13. The fourth-order valence-corrected chi connectivity index (χ4v) is 2.64. The van der Waals surface area contributed by atoms with Crippen LogP contribution in [0.25, 0.3) is 22.4 Å². The van der Waals surface area contributed by atoms with Gasteiger partial charge in [0, 0.05) is 5.56 Å². The lowest BCUT2D eigenvalue weighted by molar-refractivity contribution is 0.400. The van der Waals surface area contributed by atoms with E-state index >= 15 is 0 Å². The van der Waals surface area contributed by atoms with Gasteiger partial charge in [-0.25, -0.2) is 9.97 Å². The molecule has 0 bridgehead atoms. The van der Waals surface area contributed by atoms with Gasteiger partial charge in [-0.2, -0.15) is 9.97 Å². The average Bonchev–Trinajstić information content (AvgIpc) is 2.54. The van der Waals surface area contributed by atoms with Crippen molar-refractivity contribution in [3.63, 3.8) is 0 Å². The van der Waals surface area contributed by atoms with Crippen LogP contribution in [0.3, 0.4) is 0 Å². The quantitative estimate of drug-likeness (QED) is 0.634. The molecule has 25 heavy (non-hydrogen) atoms. The van der Waals surface area contributed by atoms with E-state index in [1.54, 1.807) is 0 Å². The Hall–Kier alpha value is -3.00. The van der Waals surface area contributed by atoms with Crippen LogP contribution in [0.5, 0.6) is 0 Å². The normalized spacial score (nSPS) is 11.3. The average molecular weight is 338 g/mol. The van der Waals surface area contributed by atoms with Crippen LogP contribution in [0.1, 0.15) is 12.0 Å². The Morgan fingerprint density at radius 3 is 2.28 bits per heavy atom. The molecule has 8 nitrogen and oxygen atoms in total. The van der Waals surface area contributed by atoms with Crippen LogP contribution in [0, 0.1) is 0 Å². The zero-order valence-corrected chi connectivity index (χ0v) is 14.4. The Kier molecular flexibility index (Phi) is 4.62. The van der Waals surface area contributed by atoms with Gasteiger partial charge in [-0.3, -0.25) is 0 Å². The summed E-state index contributed by atoms with van der Waals surface area (Å²) in [5.41, 5.74) is 20.9. The minimum absolute atomic E-state index is 0.0496. The molecule has 130 valence electrons. The smallest absolute Gasteiger partial charge is 0.224 e. The number of nitrogens with zero attached hydrogens (tertiary/aromatic N) is 5. The van der Waals surface area contributed by atoms with Crippen molar-refractivity contribution in [3.05, 3.63) is 29.8 Å². The molecule has 0 aliphatic rings. The molecule has 0 saturated heterocycles. The van der Waals surface area contributed by atoms with E-state index in [1.165, 1.54) is 5.56 Å². The van der Waals surface area contributed by atoms with E-state index in [-0.39, 0.29) is 17.6 Å². The van der Waals surface area contributed by atoms with Crippen LogP contribution in [-0.4, -0.2) is 45.5 Å². The molecule has 3 rings (SSSR count). The fraction of sp³-hybridized carbons (Fsp3) is 0.294. The van der Waals surface area contributed by atoms with Crippen molar-refractivity contribution in [2.45, 2.75) is 12.8 Å². The van der Waals surface area contributed by atoms with Crippen molar-refractivity contribution in [3.8, 4) is 11.3 Å². The van der Waals surface area contributed by atoms with Gasteiger partial charge in [0.15, 0.2) is 22.8 Å². The minimum atomic E-state index is 0.0496. The maximum Gasteiger partial charge on any atom is 0.224 e. The number of rotatable bonds is 5. The Morgan fingerprint density at radius 1 is 0.880 bits per heavy atom. The summed E-state index contributed by atoms with van der Waals surface area (Å²) in [4.78, 5) is 18.9. The number of fused-ring (bicyclic) bond motifs is 1. The molecule has 1 aromatic carbocycles. The summed E-state index contributed by atoms with van der Waals surface area (Å²) in [6, 6.07) is 8.15. The lowest BCUT2D eigenvalue weighted by Gasteiger charge is -2.10. The molecule has 0 fully saturated rings. The number of anilines is 3. The zero-order valence-electron chi connectivity index (χ0n) is 14.4. The van der Waals surface area contributed by atoms with Gasteiger partial charge in [-0.1, -0.05) is 24.3 Å². The van der Waals surface area contributed by atoms with Gasteiger partial charge in [0.2, 0.25) is 5.95 Å². The number of hydrogen-bond acceptors (Lipinski definition) is 8. The summed E-state index contributed by atoms with van der Waals surface area (Å²) in [7, 11) is 4.15. The molecule has 3 aromatic rings. The topological polar surface area (TPSA) is 133 Å². The zero-order chi connectivity index (χ0) is 18.0. The van der Waals surface area contributed by atoms with Gasteiger partial charge in [-0.15, -0.1) is 0 Å². The second kappa shape index (κ2) is 6.86. The summed E-state index contributed by atoms with van der Waals surface area (Å²) >= 11 is 0. The van der Waals surface area contributed by atoms with Gasteiger partial charge in [0.25, 0.3) is 0 Å². The lowest BCUT2D eigenvalue weighted by atomic mass is 10.1. The Morgan fingerprint density at radius 2 is 1.60 bits per heavy atom. The maximum atomic E-state index is 6.05. The number of nitrogens with two attached hydrogens (primary N) is 3. The van der Waals surface area contributed by atoms with Crippen molar-refractivity contribution in [1.29, 1.82) is 0 Å². The molecule has 0 radical (unpaired) electrons. The van der Waals surface area contributed by atoms with E-state index in [9.17, 15) is 0 Å². The third-order valence-corrected chi connectivity index (χ3v) is 3.90. The van der Waals surface area contributed by atoms with E-state index in [2.05, 4.69) is 51.1 Å². The summed E-state index contributed by atoms with van der Waals surface area (Å²) in [6.07, 6.45) is 2.14. The van der Waals surface area contributed by atoms with Gasteiger partial charge in [0.1, 0.15) is 5.69 Å². The van der Waals surface area contributed by atoms with Crippen LogP contribution < -0.4 is 17.2 Å². The predicted octanol–water partition coefficient (Wildman–Crippen LogP) is 1.33. The van der Waals surface area contributed by atoms with Crippen molar-refractivity contribution in [1.82, 2.24) is 24.8 Å². The van der Waals surface area contributed by atoms with Crippen molar-refractivity contribution in [2.24, 2.45) is 0 Å². The minimum Gasteiger partial charge on any atom is -0.382 e. The van der Waals surface area contributed by atoms with Crippen molar-refractivity contribution < 1.29 is 0 Å². The molecular weight excluding hydrogens is 316 g/mol. The molecule has 2 aromatic heterocycles. The first-order valence-corrected chi connectivity index (χ1v) is 8.04. The van der Waals surface area contributed by atoms with Crippen LogP contribution in [0.4, 0.5) is 17.6 Å². The van der Waals surface area contributed by atoms with Gasteiger partial charge in [-0.05, 0) is 39.0 Å². The van der Waals surface area contributed by atoms with Gasteiger partial charge in [0.05, 0.1) is 0 Å². The van der Waals surface area contributed by atoms with E-state index in [0.29, 0.717) is 16.9 Å². The fourth-order valence-electron chi connectivity index (χ4n) is 2.64. The van der Waals surface area contributed by atoms with Gasteiger partial charge >= 0.3 is 0 Å². The van der Waals surface area contributed by atoms with E-state index < -0.39 is 0 Å². The maximum absolute atomic E-state index is 6.05. The number of hydrogen-bond donors (Lipinski definition) is 3. The summed E-state index contributed by atoms with van der Waals surface area (Å²) in [6.45, 7) is 1.06. The molecule has 0 spiro atoms.